The van der Waals surface area contributed by atoms with E-state index in [1.54, 1.807) is 6.92 Å². The van der Waals surface area contributed by atoms with Crippen LogP contribution in [0.5, 0.6) is 0 Å². The van der Waals surface area contributed by atoms with Gasteiger partial charge < -0.3 is 9.84 Å². The maximum absolute atomic E-state index is 12.2. The zero-order chi connectivity index (χ0) is 21.6. The second-order valence-electron chi connectivity index (χ2n) is 8.37. The normalized spacial score (nSPS) is 21.4. The van der Waals surface area contributed by atoms with Crippen molar-refractivity contribution < 1.29 is 24.2 Å². The Hall–Kier alpha value is -1.49. The monoisotopic (exact) mass is 408 g/mol. The first-order valence-corrected chi connectivity index (χ1v) is 11.5. The molecule has 1 fully saturated rings. The molecule has 0 aromatic heterocycles. The fourth-order valence-corrected chi connectivity index (χ4v) is 4.13. The SMILES string of the molecule is CCCC(C)C(O)CC=C[C@H]1CCC(=O)[C@@H]1CCCCCCC(=O)C(=O)OCC. The van der Waals surface area contributed by atoms with Gasteiger partial charge in [-0.2, -0.15) is 0 Å². The smallest absolute Gasteiger partial charge is 0.374 e. The molecule has 4 atom stereocenters. The number of hydrogen-bond donors (Lipinski definition) is 1. The van der Waals surface area contributed by atoms with Crippen LogP contribution in [-0.4, -0.2) is 35.4 Å². The molecule has 0 saturated heterocycles. The van der Waals surface area contributed by atoms with Gasteiger partial charge in [0.25, 0.3) is 0 Å². The zero-order valence-corrected chi connectivity index (χ0v) is 18.5. The molecule has 2 unspecified atom stereocenters. The van der Waals surface area contributed by atoms with Gasteiger partial charge in [-0.05, 0) is 50.9 Å². The Bertz CT molecular complexity index is 539. The van der Waals surface area contributed by atoms with E-state index in [-0.39, 0.29) is 25.0 Å². The van der Waals surface area contributed by atoms with Crippen molar-refractivity contribution in [3.05, 3.63) is 12.2 Å². The lowest BCUT2D eigenvalue weighted by Gasteiger charge is -2.17. The summed E-state index contributed by atoms with van der Waals surface area (Å²) >= 11 is 0. The number of Topliss-reactive ketones (excluding diaryl/α,β-unsaturated/α-hetero) is 2. The van der Waals surface area contributed by atoms with Crippen molar-refractivity contribution in [2.75, 3.05) is 6.61 Å². The number of carbonyl (C=O) groups excluding carboxylic acids is 3. The van der Waals surface area contributed by atoms with E-state index >= 15 is 0 Å². The summed E-state index contributed by atoms with van der Waals surface area (Å²) in [7, 11) is 0. The highest BCUT2D eigenvalue weighted by molar-refractivity contribution is 6.33. The second-order valence-corrected chi connectivity index (χ2v) is 8.37. The van der Waals surface area contributed by atoms with Crippen molar-refractivity contribution in [1.82, 2.24) is 0 Å². The predicted molar refractivity (Wildman–Crippen MR) is 114 cm³/mol. The number of esters is 1. The lowest BCUT2D eigenvalue weighted by atomic mass is 9.89. The van der Waals surface area contributed by atoms with Crippen molar-refractivity contribution in [1.29, 1.82) is 0 Å². The van der Waals surface area contributed by atoms with E-state index in [1.165, 1.54) is 0 Å². The highest BCUT2D eigenvalue weighted by Gasteiger charge is 2.32. The summed E-state index contributed by atoms with van der Waals surface area (Å²) in [6, 6.07) is 0. The van der Waals surface area contributed by atoms with Crippen LogP contribution in [0.25, 0.3) is 0 Å². The summed E-state index contributed by atoms with van der Waals surface area (Å²) in [6.45, 7) is 6.13. The minimum Gasteiger partial charge on any atom is -0.460 e. The van der Waals surface area contributed by atoms with Crippen LogP contribution in [0.4, 0.5) is 0 Å². The average Bonchev–Trinajstić information content (AvgIpc) is 3.04. The van der Waals surface area contributed by atoms with E-state index < -0.39 is 11.8 Å². The van der Waals surface area contributed by atoms with Crippen molar-refractivity contribution in [2.24, 2.45) is 17.8 Å². The number of carbonyl (C=O) groups is 3. The van der Waals surface area contributed by atoms with Crippen LogP contribution in [0.3, 0.4) is 0 Å². The van der Waals surface area contributed by atoms with E-state index in [4.69, 9.17) is 4.74 Å². The second kappa shape index (κ2) is 14.5. The minimum absolute atomic E-state index is 0.0950. The van der Waals surface area contributed by atoms with Crippen molar-refractivity contribution in [3.63, 3.8) is 0 Å². The van der Waals surface area contributed by atoms with Crippen molar-refractivity contribution in [2.45, 2.75) is 97.5 Å². The molecule has 1 N–H and O–H groups in total. The summed E-state index contributed by atoms with van der Waals surface area (Å²) in [6.07, 6.45) is 12.9. The number of allylic oxidation sites excluding steroid dienone is 1. The van der Waals surface area contributed by atoms with Gasteiger partial charge in [0.2, 0.25) is 5.78 Å². The van der Waals surface area contributed by atoms with Gasteiger partial charge in [-0.15, -0.1) is 0 Å². The van der Waals surface area contributed by atoms with Gasteiger partial charge >= 0.3 is 5.97 Å². The number of hydrogen-bond acceptors (Lipinski definition) is 5. The highest BCUT2D eigenvalue weighted by atomic mass is 16.5. The van der Waals surface area contributed by atoms with Gasteiger partial charge in [0.1, 0.15) is 5.78 Å². The third-order valence-corrected chi connectivity index (χ3v) is 5.99. The first-order valence-electron chi connectivity index (χ1n) is 11.5. The molecule has 5 nitrogen and oxygen atoms in total. The Morgan fingerprint density at radius 1 is 1.21 bits per heavy atom. The van der Waals surface area contributed by atoms with Gasteiger partial charge in [-0.25, -0.2) is 4.79 Å². The first kappa shape index (κ1) is 25.5. The van der Waals surface area contributed by atoms with Gasteiger partial charge in [0.15, 0.2) is 0 Å². The standard InChI is InChI=1S/C24H40O5/c1-4-11-18(3)21(25)15-10-12-19-16-17-22(26)20(19)13-8-6-7-9-14-23(27)24(28)29-5-2/h10,12,18-21,25H,4-9,11,13-17H2,1-3H3/t18?,19-,20+,21?/m0/s1. The van der Waals surface area contributed by atoms with Crippen molar-refractivity contribution in [3.8, 4) is 0 Å². The Morgan fingerprint density at radius 3 is 2.62 bits per heavy atom. The number of ether oxygens (including phenoxy) is 1. The third-order valence-electron chi connectivity index (χ3n) is 5.99. The van der Waals surface area contributed by atoms with Crippen LogP contribution >= 0.6 is 0 Å². The molecule has 5 heteroatoms. The molecule has 0 amide bonds. The lowest BCUT2D eigenvalue weighted by Crippen LogP contribution is -2.17. The zero-order valence-electron chi connectivity index (χ0n) is 18.5. The van der Waals surface area contributed by atoms with E-state index in [0.717, 1.165) is 44.9 Å². The van der Waals surface area contributed by atoms with Crippen LogP contribution in [0.15, 0.2) is 12.2 Å². The van der Waals surface area contributed by atoms with Crippen LogP contribution in [0.2, 0.25) is 0 Å². The Labute approximate surface area is 176 Å². The van der Waals surface area contributed by atoms with E-state index in [2.05, 4.69) is 26.0 Å². The summed E-state index contributed by atoms with van der Waals surface area (Å²) < 4.78 is 4.70. The van der Waals surface area contributed by atoms with Crippen LogP contribution < -0.4 is 0 Å². The number of aliphatic hydroxyl groups excluding tert-OH is 1. The molecule has 0 aliphatic heterocycles. The van der Waals surface area contributed by atoms with E-state index in [9.17, 15) is 19.5 Å². The summed E-state index contributed by atoms with van der Waals surface area (Å²) in [4.78, 5) is 35.1. The van der Waals surface area contributed by atoms with Gasteiger partial charge in [-0.1, -0.05) is 51.7 Å². The molecule has 1 aliphatic carbocycles. The molecular formula is C24H40O5. The summed E-state index contributed by atoms with van der Waals surface area (Å²) in [5, 5.41) is 10.2. The van der Waals surface area contributed by atoms with Gasteiger partial charge in [-0.3, -0.25) is 9.59 Å². The molecular weight excluding hydrogens is 368 g/mol. The molecule has 0 aromatic rings. The van der Waals surface area contributed by atoms with Crippen LogP contribution in [-0.2, 0) is 19.1 Å². The molecule has 1 rings (SSSR count). The quantitative estimate of drug-likeness (QED) is 0.182. The molecule has 166 valence electrons. The molecule has 0 bridgehead atoms. The molecule has 0 spiro atoms. The van der Waals surface area contributed by atoms with Gasteiger partial charge in [0.05, 0.1) is 12.7 Å². The fraction of sp³-hybridized carbons (Fsp3) is 0.792. The predicted octanol–water partition coefficient (Wildman–Crippen LogP) is 4.80. The van der Waals surface area contributed by atoms with Gasteiger partial charge in [0, 0.05) is 18.8 Å². The Morgan fingerprint density at radius 2 is 1.93 bits per heavy atom. The molecule has 1 saturated carbocycles. The molecule has 0 aromatic carbocycles. The summed E-state index contributed by atoms with van der Waals surface area (Å²) in [5.41, 5.74) is 0. The fourth-order valence-electron chi connectivity index (χ4n) is 4.13. The van der Waals surface area contributed by atoms with Crippen molar-refractivity contribution >= 4 is 17.5 Å². The number of unbranched alkanes of at least 4 members (excludes halogenated alkanes) is 3. The first-order chi connectivity index (χ1) is 13.9. The van der Waals surface area contributed by atoms with E-state index in [0.29, 0.717) is 36.9 Å². The topological polar surface area (TPSA) is 80.7 Å². The van der Waals surface area contributed by atoms with Crippen LogP contribution in [0, 0.1) is 17.8 Å². The number of aliphatic hydroxyl groups is 1. The molecule has 29 heavy (non-hydrogen) atoms. The third kappa shape index (κ3) is 9.70. The summed E-state index contributed by atoms with van der Waals surface area (Å²) in [5.74, 6) is -0.121. The molecule has 0 heterocycles. The molecule has 1 aliphatic rings. The number of rotatable bonds is 15. The average molecular weight is 409 g/mol. The maximum atomic E-state index is 12.2. The lowest BCUT2D eigenvalue weighted by molar-refractivity contribution is -0.153. The Balaban J connectivity index is 2.28. The maximum Gasteiger partial charge on any atom is 0.374 e. The molecule has 0 radical (unpaired) electrons. The minimum atomic E-state index is -0.729. The van der Waals surface area contributed by atoms with E-state index in [1.807, 2.05) is 0 Å². The number of ketones is 2. The Kier molecular flexibility index (Phi) is 12.8. The highest BCUT2D eigenvalue weighted by Crippen LogP contribution is 2.34. The van der Waals surface area contributed by atoms with Crippen LogP contribution in [0.1, 0.15) is 91.4 Å². The largest absolute Gasteiger partial charge is 0.460 e.